The summed E-state index contributed by atoms with van der Waals surface area (Å²) in [5.74, 6) is 0.151. The highest BCUT2D eigenvalue weighted by Crippen LogP contribution is 2.32. The van der Waals surface area contributed by atoms with Gasteiger partial charge in [-0.05, 0) is 37.1 Å². The van der Waals surface area contributed by atoms with Crippen molar-refractivity contribution in [2.75, 3.05) is 18.9 Å². The van der Waals surface area contributed by atoms with Gasteiger partial charge in [0.05, 0.1) is 11.4 Å². The van der Waals surface area contributed by atoms with Gasteiger partial charge in [0.15, 0.2) is 0 Å². The van der Waals surface area contributed by atoms with Crippen molar-refractivity contribution >= 4 is 5.82 Å². The minimum atomic E-state index is -0.324. The summed E-state index contributed by atoms with van der Waals surface area (Å²) in [5.41, 5.74) is 7.81. The first kappa shape index (κ1) is 13.6. The average molecular weight is 286 g/mol. The van der Waals surface area contributed by atoms with Crippen molar-refractivity contribution in [3.63, 3.8) is 0 Å². The van der Waals surface area contributed by atoms with Crippen LogP contribution < -0.4 is 5.73 Å². The third kappa shape index (κ3) is 2.48. The number of aromatic nitrogens is 2. The van der Waals surface area contributed by atoms with Crippen molar-refractivity contribution in [2.24, 2.45) is 0 Å². The quantitative estimate of drug-likeness (QED) is 0.919. The number of rotatable bonds is 2. The summed E-state index contributed by atoms with van der Waals surface area (Å²) in [7, 11) is 0. The van der Waals surface area contributed by atoms with Crippen LogP contribution in [-0.2, 0) is 4.74 Å². The molecule has 1 saturated heterocycles. The van der Waals surface area contributed by atoms with Crippen LogP contribution in [0.5, 0.6) is 0 Å². The van der Waals surface area contributed by atoms with E-state index in [1.54, 1.807) is 12.1 Å². The fourth-order valence-corrected chi connectivity index (χ4v) is 2.60. The molecule has 5 nitrogen and oxygen atoms in total. The summed E-state index contributed by atoms with van der Waals surface area (Å²) < 4.78 is 19.9. The summed E-state index contributed by atoms with van der Waals surface area (Å²) >= 11 is 0. The minimum Gasteiger partial charge on any atom is -0.382 e. The van der Waals surface area contributed by atoms with E-state index in [1.165, 1.54) is 16.8 Å². The molecular formula is C15H15FN4O. The van der Waals surface area contributed by atoms with Crippen LogP contribution >= 0.6 is 0 Å². The summed E-state index contributed by atoms with van der Waals surface area (Å²) in [6, 6.07) is 8.01. The lowest BCUT2D eigenvalue weighted by Gasteiger charge is -2.20. The molecule has 1 aromatic heterocycles. The van der Waals surface area contributed by atoms with Gasteiger partial charge in [-0.3, -0.25) is 0 Å². The molecule has 21 heavy (non-hydrogen) atoms. The molecule has 1 aromatic carbocycles. The second-order valence-electron chi connectivity index (χ2n) is 5.03. The van der Waals surface area contributed by atoms with Crippen LogP contribution in [-0.4, -0.2) is 23.0 Å². The van der Waals surface area contributed by atoms with Gasteiger partial charge in [-0.25, -0.2) is 9.07 Å². The number of nitrogen functional groups attached to an aromatic ring is 1. The number of nitrogens with two attached hydrogens (primary N) is 1. The number of nitrogens with zero attached hydrogens (tertiary/aromatic N) is 3. The number of nitriles is 1. The van der Waals surface area contributed by atoms with Gasteiger partial charge < -0.3 is 10.5 Å². The highest BCUT2D eigenvalue weighted by Gasteiger charge is 2.25. The number of halogens is 1. The van der Waals surface area contributed by atoms with Crippen molar-refractivity contribution in [1.82, 2.24) is 9.78 Å². The average Bonchev–Trinajstić information content (AvgIpc) is 2.86. The van der Waals surface area contributed by atoms with Gasteiger partial charge in [-0.2, -0.15) is 10.4 Å². The second-order valence-corrected chi connectivity index (χ2v) is 5.03. The number of hydrogen-bond donors (Lipinski definition) is 1. The minimum absolute atomic E-state index is 0.178. The summed E-state index contributed by atoms with van der Waals surface area (Å²) in [4.78, 5) is 0. The van der Waals surface area contributed by atoms with Crippen molar-refractivity contribution < 1.29 is 9.13 Å². The standard InChI is InChI=1S/C15H15FN4O/c16-11-1-3-12(4-2-11)20-15(18)13(9-17)14(19-20)10-5-7-21-8-6-10/h1-4,10H,5-8,18H2. The molecule has 6 heteroatoms. The zero-order valence-corrected chi connectivity index (χ0v) is 11.4. The Morgan fingerprint density at radius 2 is 1.95 bits per heavy atom. The van der Waals surface area contributed by atoms with Gasteiger partial charge >= 0.3 is 0 Å². The van der Waals surface area contributed by atoms with E-state index in [1.807, 2.05) is 0 Å². The first-order valence-electron chi connectivity index (χ1n) is 6.83. The molecule has 0 amide bonds. The normalized spacial score (nSPS) is 15.8. The van der Waals surface area contributed by atoms with Crippen LogP contribution in [0.25, 0.3) is 5.69 Å². The highest BCUT2D eigenvalue weighted by molar-refractivity contribution is 5.57. The van der Waals surface area contributed by atoms with Crippen LogP contribution in [0.2, 0.25) is 0 Å². The molecule has 2 heterocycles. The van der Waals surface area contributed by atoms with E-state index in [-0.39, 0.29) is 11.7 Å². The zero-order chi connectivity index (χ0) is 14.8. The van der Waals surface area contributed by atoms with Crippen LogP contribution in [0.4, 0.5) is 10.2 Å². The first-order valence-corrected chi connectivity index (χ1v) is 6.83. The van der Waals surface area contributed by atoms with Crippen molar-refractivity contribution in [1.29, 1.82) is 5.26 Å². The fraction of sp³-hybridized carbons (Fsp3) is 0.333. The van der Waals surface area contributed by atoms with Gasteiger partial charge in [0.2, 0.25) is 0 Å². The number of ether oxygens (including phenoxy) is 1. The highest BCUT2D eigenvalue weighted by atomic mass is 19.1. The SMILES string of the molecule is N#Cc1c(C2CCOCC2)nn(-c2ccc(F)cc2)c1N. The van der Waals surface area contributed by atoms with Crippen molar-refractivity contribution in [3.05, 3.63) is 41.3 Å². The maximum Gasteiger partial charge on any atom is 0.145 e. The molecule has 2 N–H and O–H groups in total. The second kappa shape index (κ2) is 5.54. The third-order valence-corrected chi connectivity index (χ3v) is 3.74. The Morgan fingerprint density at radius 3 is 2.57 bits per heavy atom. The first-order chi connectivity index (χ1) is 10.2. The fourth-order valence-electron chi connectivity index (χ4n) is 2.60. The van der Waals surface area contributed by atoms with Crippen molar-refractivity contribution in [2.45, 2.75) is 18.8 Å². The molecule has 1 aliphatic heterocycles. The molecule has 0 spiro atoms. The Balaban J connectivity index is 2.04. The Hall–Kier alpha value is -2.39. The van der Waals surface area contributed by atoms with E-state index < -0.39 is 0 Å². The van der Waals surface area contributed by atoms with E-state index in [4.69, 9.17) is 10.5 Å². The van der Waals surface area contributed by atoms with Gasteiger partial charge in [-0.1, -0.05) is 0 Å². The summed E-state index contributed by atoms with van der Waals surface area (Å²) in [6.07, 6.45) is 1.66. The molecule has 108 valence electrons. The number of hydrogen-bond acceptors (Lipinski definition) is 4. The molecular weight excluding hydrogens is 271 g/mol. The molecule has 0 unspecified atom stereocenters. The smallest absolute Gasteiger partial charge is 0.145 e. The predicted octanol–water partition coefficient (Wildman–Crippen LogP) is 2.36. The lowest BCUT2D eigenvalue weighted by molar-refractivity contribution is 0.0844. The topological polar surface area (TPSA) is 76.9 Å². The van der Waals surface area contributed by atoms with Gasteiger partial charge in [0.25, 0.3) is 0 Å². The molecule has 1 aliphatic rings. The monoisotopic (exact) mass is 286 g/mol. The predicted molar refractivity (Wildman–Crippen MR) is 75.4 cm³/mol. The Morgan fingerprint density at radius 1 is 1.29 bits per heavy atom. The molecule has 3 rings (SSSR count). The van der Waals surface area contributed by atoms with E-state index in [2.05, 4.69) is 11.2 Å². The maximum atomic E-state index is 13.0. The van der Waals surface area contributed by atoms with E-state index >= 15 is 0 Å². The van der Waals surface area contributed by atoms with Crippen molar-refractivity contribution in [3.8, 4) is 11.8 Å². The number of anilines is 1. The Bertz CT molecular complexity index is 681. The Kier molecular flexibility index (Phi) is 3.59. The van der Waals surface area contributed by atoms with E-state index in [9.17, 15) is 9.65 Å². The largest absolute Gasteiger partial charge is 0.382 e. The maximum absolute atomic E-state index is 13.0. The lowest BCUT2D eigenvalue weighted by atomic mass is 9.94. The van der Waals surface area contributed by atoms with Crippen LogP contribution in [0.3, 0.4) is 0 Å². The van der Waals surface area contributed by atoms with Gasteiger partial charge in [0, 0.05) is 19.1 Å². The number of benzene rings is 1. The summed E-state index contributed by atoms with van der Waals surface area (Å²) in [6.45, 7) is 1.33. The molecule has 0 saturated carbocycles. The van der Waals surface area contributed by atoms with Gasteiger partial charge in [-0.15, -0.1) is 0 Å². The third-order valence-electron chi connectivity index (χ3n) is 3.74. The summed E-state index contributed by atoms with van der Waals surface area (Å²) in [5, 5.41) is 13.9. The molecule has 0 bridgehead atoms. The molecule has 0 aliphatic carbocycles. The molecule has 0 radical (unpaired) electrons. The molecule has 1 fully saturated rings. The van der Waals surface area contributed by atoms with Crippen LogP contribution in [0.1, 0.15) is 30.0 Å². The molecule has 0 atom stereocenters. The zero-order valence-electron chi connectivity index (χ0n) is 11.4. The van der Waals surface area contributed by atoms with Crippen LogP contribution in [0, 0.1) is 17.1 Å². The molecule has 2 aromatic rings. The van der Waals surface area contributed by atoms with E-state index in [0.29, 0.717) is 36.0 Å². The van der Waals surface area contributed by atoms with E-state index in [0.717, 1.165) is 12.8 Å². The Labute approximate surface area is 121 Å². The van der Waals surface area contributed by atoms with Gasteiger partial charge in [0.1, 0.15) is 23.3 Å². The van der Waals surface area contributed by atoms with Crippen LogP contribution in [0.15, 0.2) is 24.3 Å². The lowest BCUT2D eigenvalue weighted by Crippen LogP contribution is -2.15.